The lowest BCUT2D eigenvalue weighted by Crippen LogP contribution is -2.40. The van der Waals surface area contributed by atoms with Crippen LogP contribution in [0, 0.1) is 15.9 Å². The van der Waals surface area contributed by atoms with Crippen LogP contribution >= 0.6 is 0 Å². The van der Waals surface area contributed by atoms with Crippen LogP contribution in [0.15, 0.2) is 88.9 Å². The van der Waals surface area contributed by atoms with Crippen LogP contribution in [0.2, 0.25) is 0 Å². The van der Waals surface area contributed by atoms with E-state index in [2.05, 4.69) is 10.5 Å². The molecule has 0 aromatic heterocycles. The SMILES string of the molecule is CC(=NNC(=O)CN(c1ccccc1)S(=O)(=O)c1ccccc1[N+](=O)[O-])c1ccc(F)cc1. The van der Waals surface area contributed by atoms with Gasteiger partial charge in [-0.1, -0.05) is 42.5 Å². The Morgan fingerprint density at radius 1 is 1.03 bits per heavy atom. The Labute approximate surface area is 189 Å². The number of hydrogen-bond acceptors (Lipinski definition) is 6. The summed E-state index contributed by atoms with van der Waals surface area (Å²) in [7, 11) is -4.48. The average molecular weight is 470 g/mol. The number of nitrogens with zero attached hydrogens (tertiary/aromatic N) is 3. The molecule has 0 radical (unpaired) electrons. The number of nitro benzene ring substituents is 1. The molecular weight excluding hydrogens is 451 g/mol. The predicted molar refractivity (Wildman–Crippen MR) is 121 cm³/mol. The van der Waals surface area contributed by atoms with Crippen molar-refractivity contribution in [3.63, 3.8) is 0 Å². The van der Waals surface area contributed by atoms with Crippen molar-refractivity contribution >= 4 is 33.0 Å². The molecule has 33 heavy (non-hydrogen) atoms. The molecule has 170 valence electrons. The smallest absolute Gasteiger partial charge is 0.271 e. The standard InChI is InChI=1S/C22H19FN4O5S/c1-16(17-11-13-18(23)14-12-17)24-25-22(28)15-26(19-7-3-2-4-8-19)33(31,32)21-10-6-5-9-20(21)27(29)30/h2-14H,15H2,1H3,(H,25,28). The number of anilines is 1. The van der Waals surface area contributed by atoms with Crippen molar-refractivity contribution in [1.82, 2.24) is 5.43 Å². The highest BCUT2D eigenvalue weighted by Gasteiger charge is 2.33. The maximum atomic E-state index is 13.4. The molecule has 9 nitrogen and oxygen atoms in total. The first kappa shape index (κ1) is 23.5. The molecule has 3 aromatic rings. The highest BCUT2D eigenvalue weighted by Crippen LogP contribution is 2.29. The number of hydrazone groups is 1. The van der Waals surface area contributed by atoms with Crippen molar-refractivity contribution in [2.75, 3.05) is 10.8 Å². The first-order valence-electron chi connectivity index (χ1n) is 9.60. The van der Waals surface area contributed by atoms with E-state index >= 15 is 0 Å². The largest absolute Gasteiger partial charge is 0.289 e. The highest BCUT2D eigenvalue weighted by atomic mass is 32.2. The Bertz CT molecular complexity index is 1300. The van der Waals surface area contributed by atoms with Crippen LogP contribution in [-0.4, -0.2) is 31.5 Å². The number of carbonyl (C=O) groups excluding carboxylic acids is 1. The summed E-state index contributed by atoms with van der Waals surface area (Å²) in [5, 5.41) is 15.3. The fourth-order valence-corrected chi connectivity index (χ4v) is 4.50. The molecule has 0 atom stereocenters. The van der Waals surface area contributed by atoms with Gasteiger partial charge in [-0.05, 0) is 42.8 Å². The van der Waals surface area contributed by atoms with Gasteiger partial charge in [-0.25, -0.2) is 18.2 Å². The number of hydrogen-bond donors (Lipinski definition) is 1. The van der Waals surface area contributed by atoms with E-state index in [1.807, 2.05) is 0 Å². The number of rotatable bonds is 8. The first-order chi connectivity index (χ1) is 15.7. The quantitative estimate of drug-likeness (QED) is 0.307. The van der Waals surface area contributed by atoms with Gasteiger partial charge >= 0.3 is 0 Å². The van der Waals surface area contributed by atoms with Gasteiger partial charge in [-0.15, -0.1) is 0 Å². The molecule has 0 heterocycles. The fraction of sp³-hybridized carbons (Fsp3) is 0.0909. The second kappa shape index (κ2) is 10.0. The maximum absolute atomic E-state index is 13.4. The van der Waals surface area contributed by atoms with Gasteiger partial charge in [-0.3, -0.25) is 19.2 Å². The van der Waals surface area contributed by atoms with Gasteiger partial charge in [0.2, 0.25) is 0 Å². The van der Waals surface area contributed by atoms with Gasteiger partial charge in [0.25, 0.3) is 21.6 Å². The van der Waals surface area contributed by atoms with E-state index in [-0.39, 0.29) is 5.69 Å². The van der Waals surface area contributed by atoms with Crippen LogP contribution in [0.4, 0.5) is 15.8 Å². The van der Waals surface area contributed by atoms with Gasteiger partial charge in [0.1, 0.15) is 12.4 Å². The summed E-state index contributed by atoms with van der Waals surface area (Å²) in [4.78, 5) is 22.6. The van der Waals surface area contributed by atoms with Crippen LogP contribution in [0.3, 0.4) is 0 Å². The van der Waals surface area contributed by atoms with E-state index in [1.54, 1.807) is 25.1 Å². The van der Waals surface area contributed by atoms with E-state index in [4.69, 9.17) is 0 Å². The molecule has 0 aliphatic carbocycles. The molecule has 0 aliphatic rings. The summed E-state index contributed by atoms with van der Waals surface area (Å²) in [6.45, 7) is 0.908. The van der Waals surface area contributed by atoms with Crippen LogP contribution in [0.5, 0.6) is 0 Å². The Hall–Kier alpha value is -4.12. The number of benzene rings is 3. The second-order valence-corrected chi connectivity index (χ2v) is 8.64. The lowest BCUT2D eigenvalue weighted by atomic mass is 10.1. The lowest BCUT2D eigenvalue weighted by molar-refractivity contribution is -0.387. The van der Waals surface area contributed by atoms with E-state index in [1.165, 1.54) is 48.5 Å². The molecule has 3 aromatic carbocycles. The summed E-state index contributed by atoms with van der Waals surface area (Å²) in [6, 6.07) is 18.1. The molecule has 0 unspecified atom stereocenters. The highest BCUT2D eigenvalue weighted by molar-refractivity contribution is 7.93. The molecular formula is C22H19FN4O5S. The van der Waals surface area contributed by atoms with Crippen LogP contribution in [-0.2, 0) is 14.8 Å². The van der Waals surface area contributed by atoms with E-state index in [0.29, 0.717) is 11.3 Å². The van der Waals surface area contributed by atoms with Crippen molar-refractivity contribution in [3.05, 3.63) is 100 Å². The summed E-state index contributed by atoms with van der Waals surface area (Å²) < 4.78 is 40.6. The minimum Gasteiger partial charge on any atom is -0.271 e. The van der Waals surface area contributed by atoms with Crippen LogP contribution in [0.1, 0.15) is 12.5 Å². The van der Waals surface area contributed by atoms with Gasteiger partial charge < -0.3 is 0 Å². The Morgan fingerprint density at radius 3 is 2.27 bits per heavy atom. The van der Waals surface area contributed by atoms with Crippen molar-refractivity contribution in [2.24, 2.45) is 5.10 Å². The van der Waals surface area contributed by atoms with E-state index < -0.39 is 43.8 Å². The maximum Gasteiger partial charge on any atom is 0.289 e. The molecule has 0 fully saturated rings. The van der Waals surface area contributed by atoms with Crippen molar-refractivity contribution in [1.29, 1.82) is 0 Å². The van der Waals surface area contributed by atoms with Gasteiger partial charge in [0, 0.05) is 6.07 Å². The third-order valence-electron chi connectivity index (χ3n) is 4.57. The molecule has 1 amide bonds. The van der Waals surface area contributed by atoms with Crippen molar-refractivity contribution < 1.29 is 22.5 Å². The fourth-order valence-electron chi connectivity index (χ4n) is 2.92. The van der Waals surface area contributed by atoms with E-state index in [0.717, 1.165) is 16.4 Å². The minimum absolute atomic E-state index is 0.144. The normalized spacial score (nSPS) is 11.6. The summed E-state index contributed by atoms with van der Waals surface area (Å²) >= 11 is 0. The van der Waals surface area contributed by atoms with E-state index in [9.17, 15) is 27.7 Å². The molecule has 0 aliphatic heterocycles. The van der Waals surface area contributed by atoms with Gasteiger partial charge in [0.15, 0.2) is 4.90 Å². The third kappa shape index (κ3) is 5.57. The molecule has 3 rings (SSSR count). The molecule has 0 spiro atoms. The summed E-state index contributed by atoms with van der Waals surface area (Å²) in [5.74, 6) is -1.20. The first-order valence-corrected chi connectivity index (χ1v) is 11.0. The summed E-state index contributed by atoms with van der Waals surface area (Å²) in [5.41, 5.74) is 2.74. The van der Waals surface area contributed by atoms with Gasteiger partial charge in [-0.2, -0.15) is 5.10 Å². The number of nitro groups is 1. The molecule has 0 saturated carbocycles. The van der Waals surface area contributed by atoms with Crippen molar-refractivity contribution in [2.45, 2.75) is 11.8 Å². The van der Waals surface area contributed by atoms with Crippen LogP contribution < -0.4 is 9.73 Å². The zero-order valence-corrected chi connectivity index (χ0v) is 18.2. The Kier molecular flexibility index (Phi) is 7.13. The number of para-hydroxylation sites is 2. The zero-order chi connectivity index (χ0) is 24.0. The average Bonchev–Trinajstić information content (AvgIpc) is 2.81. The zero-order valence-electron chi connectivity index (χ0n) is 17.4. The van der Waals surface area contributed by atoms with Crippen LogP contribution in [0.25, 0.3) is 0 Å². The number of amides is 1. The number of carbonyl (C=O) groups is 1. The topological polar surface area (TPSA) is 122 Å². The molecule has 11 heteroatoms. The Morgan fingerprint density at radius 2 is 1.64 bits per heavy atom. The summed E-state index contributed by atoms with van der Waals surface area (Å²) in [6.07, 6.45) is 0. The second-order valence-electron chi connectivity index (χ2n) is 6.81. The monoisotopic (exact) mass is 470 g/mol. The number of nitrogens with one attached hydrogen (secondary N) is 1. The lowest BCUT2D eigenvalue weighted by Gasteiger charge is -2.23. The molecule has 0 saturated heterocycles. The molecule has 1 N–H and O–H groups in total. The minimum atomic E-state index is -4.48. The van der Waals surface area contributed by atoms with Gasteiger partial charge in [0.05, 0.1) is 16.3 Å². The predicted octanol–water partition coefficient (Wildman–Crippen LogP) is 3.47. The third-order valence-corrected chi connectivity index (χ3v) is 6.39. The van der Waals surface area contributed by atoms with Crippen molar-refractivity contribution in [3.8, 4) is 0 Å². The molecule has 0 bridgehead atoms. The number of halogens is 1. The number of sulfonamides is 1. The Balaban J connectivity index is 1.91.